The van der Waals surface area contributed by atoms with Gasteiger partial charge in [0, 0.05) is 6.54 Å². The molecule has 0 aliphatic heterocycles. The van der Waals surface area contributed by atoms with Gasteiger partial charge in [0.15, 0.2) is 5.78 Å². The van der Waals surface area contributed by atoms with Crippen LogP contribution >= 0.6 is 0 Å². The molecule has 0 saturated heterocycles. The predicted molar refractivity (Wildman–Crippen MR) is 71.1 cm³/mol. The number of nitrogens with one attached hydrogen (secondary N) is 1. The Morgan fingerprint density at radius 2 is 1.70 bits per heavy atom. The summed E-state index contributed by atoms with van der Waals surface area (Å²) in [5, 5.41) is 2.61. The number of Topliss-reactive ketones (excluding diaryl/α,β-unsaturated/α-hetero) is 1. The minimum Gasteiger partial charge on any atom is -0.497 e. The van der Waals surface area contributed by atoms with Crippen LogP contribution in [0.2, 0.25) is 0 Å². The summed E-state index contributed by atoms with van der Waals surface area (Å²) in [6.07, 6.45) is -0.711. The van der Waals surface area contributed by atoms with Gasteiger partial charge in [-0.25, -0.2) is 0 Å². The third kappa shape index (κ3) is 5.51. The predicted octanol–water partition coefficient (Wildman–Crippen LogP) is 0.834. The van der Waals surface area contributed by atoms with Crippen molar-refractivity contribution in [2.24, 2.45) is 0 Å². The second kappa shape index (κ2) is 7.93. The summed E-state index contributed by atoms with van der Waals surface area (Å²) in [5.41, 5.74) is 0.888. The molecule has 1 aromatic carbocycles. The fraction of sp³-hybridized carbons (Fsp3) is 0.357. The number of carbonyl (C=O) groups excluding carboxylic acids is 3. The van der Waals surface area contributed by atoms with Crippen LogP contribution in [0, 0.1) is 0 Å². The molecule has 6 nitrogen and oxygen atoms in total. The number of methoxy groups -OCH3 is 2. The number of carbonyl (C=O) groups is 3. The highest BCUT2D eigenvalue weighted by Crippen LogP contribution is 2.10. The van der Waals surface area contributed by atoms with Gasteiger partial charge in [0.25, 0.3) is 0 Å². The van der Waals surface area contributed by atoms with E-state index >= 15 is 0 Å². The van der Waals surface area contributed by atoms with Gasteiger partial charge in [-0.15, -0.1) is 0 Å². The number of ether oxygens (including phenoxy) is 2. The Hall–Kier alpha value is -2.37. The van der Waals surface area contributed by atoms with E-state index < -0.39 is 17.7 Å². The van der Waals surface area contributed by atoms with E-state index in [2.05, 4.69) is 10.1 Å². The number of hydrogen-bond acceptors (Lipinski definition) is 5. The smallest absolute Gasteiger partial charge is 0.313 e. The van der Waals surface area contributed by atoms with Gasteiger partial charge in [-0.3, -0.25) is 14.4 Å². The Bertz CT molecular complexity index is 481. The van der Waals surface area contributed by atoms with Gasteiger partial charge < -0.3 is 14.8 Å². The Labute approximate surface area is 117 Å². The Morgan fingerprint density at radius 3 is 2.25 bits per heavy atom. The van der Waals surface area contributed by atoms with Gasteiger partial charge in [-0.2, -0.15) is 0 Å². The summed E-state index contributed by atoms with van der Waals surface area (Å²) >= 11 is 0. The monoisotopic (exact) mass is 279 g/mol. The summed E-state index contributed by atoms with van der Waals surface area (Å²) in [7, 11) is 2.77. The molecule has 0 heterocycles. The summed E-state index contributed by atoms with van der Waals surface area (Å²) < 4.78 is 9.37. The van der Waals surface area contributed by atoms with E-state index in [-0.39, 0.29) is 12.8 Å². The van der Waals surface area contributed by atoms with Crippen molar-refractivity contribution in [3.05, 3.63) is 29.8 Å². The van der Waals surface area contributed by atoms with E-state index in [1.807, 2.05) is 12.1 Å². The van der Waals surface area contributed by atoms with Gasteiger partial charge >= 0.3 is 5.97 Å². The maximum absolute atomic E-state index is 11.5. The maximum atomic E-state index is 11.5. The zero-order valence-electron chi connectivity index (χ0n) is 11.5. The molecule has 0 spiro atoms. The Kier molecular flexibility index (Phi) is 6.22. The molecule has 1 amide bonds. The molecule has 0 saturated carbocycles. The van der Waals surface area contributed by atoms with Gasteiger partial charge in [-0.05, 0) is 17.7 Å². The molecule has 0 fully saturated rings. The fourth-order valence-corrected chi connectivity index (χ4v) is 1.48. The number of benzene rings is 1. The molecule has 0 unspecified atom stereocenters. The number of ketones is 1. The third-order valence-electron chi connectivity index (χ3n) is 2.58. The van der Waals surface area contributed by atoms with E-state index in [0.717, 1.165) is 11.3 Å². The van der Waals surface area contributed by atoms with Gasteiger partial charge in [-0.1, -0.05) is 12.1 Å². The normalized spacial score (nSPS) is 9.70. The van der Waals surface area contributed by atoms with Crippen molar-refractivity contribution in [1.29, 1.82) is 0 Å². The van der Waals surface area contributed by atoms with Crippen molar-refractivity contribution < 1.29 is 23.9 Å². The molecule has 108 valence electrons. The summed E-state index contributed by atoms with van der Waals surface area (Å²) in [4.78, 5) is 33.7. The van der Waals surface area contributed by atoms with Crippen LogP contribution in [0.4, 0.5) is 0 Å². The first-order chi connectivity index (χ1) is 9.55. The molecule has 1 aromatic rings. The summed E-state index contributed by atoms with van der Waals surface area (Å²) in [5.74, 6) is -0.801. The molecular formula is C14H17NO5. The molecule has 0 atom stereocenters. The van der Waals surface area contributed by atoms with E-state index in [1.165, 1.54) is 7.11 Å². The van der Waals surface area contributed by atoms with Crippen molar-refractivity contribution in [3.63, 3.8) is 0 Å². The van der Waals surface area contributed by atoms with E-state index in [0.29, 0.717) is 6.54 Å². The van der Waals surface area contributed by atoms with E-state index in [9.17, 15) is 14.4 Å². The number of esters is 1. The minimum atomic E-state index is -0.641. The SMILES string of the molecule is COC(=O)CC(=O)CC(=O)NCc1ccc(OC)cc1. The molecule has 6 heteroatoms. The molecular weight excluding hydrogens is 262 g/mol. The highest BCUT2D eigenvalue weighted by atomic mass is 16.5. The average molecular weight is 279 g/mol. The molecule has 1 N–H and O–H groups in total. The lowest BCUT2D eigenvalue weighted by Crippen LogP contribution is -2.26. The van der Waals surface area contributed by atoms with Crippen molar-refractivity contribution >= 4 is 17.7 Å². The van der Waals surface area contributed by atoms with Crippen molar-refractivity contribution in [3.8, 4) is 5.75 Å². The summed E-state index contributed by atoms with van der Waals surface area (Å²) in [6.45, 7) is 0.314. The standard InChI is InChI=1S/C14H17NO5/c1-19-12-5-3-10(4-6-12)9-15-13(17)7-11(16)8-14(18)20-2/h3-6H,7-9H2,1-2H3,(H,15,17). The van der Waals surface area contributed by atoms with Crippen LogP contribution in [-0.4, -0.2) is 31.9 Å². The van der Waals surface area contributed by atoms with Crippen molar-refractivity contribution in [2.75, 3.05) is 14.2 Å². The maximum Gasteiger partial charge on any atom is 0.313 e. The molecule has 0 aliphatic carbocycles. The van der Waals surface area contributed by atoms with Crippen LogP contribution in [0.5, 0.6) is 5.75 Å². The zero-order chi connectivity index (χ0) is 15.0. The fourth-order valence-electron chi connectivity index (χ4n) is 1.48. The highest BCUT2D eigenvalue weighted by molar-refractivity contribution is 6.04. The van der Waals surface area contributed by atoms with Crippen LogP contribution in [0.3, 0.4) is 0 Å². The zero-order valence-corrected chi connectivity index (χ0v) is 11.5. The first-order valence-corrected chi connectivity index (χ1v) is 6.03. The molecule has 1 rings (SSSR count). The van der Waals surface area contributed by atoms with Gasteiger partial charge in [0.1, 0.15) is 12.2 Å². The lowest BCUT2D eigenvalue weighted by Gasteiger charge is -2.06. The first kappa shape index (κ1) is 15.7. The summed E-state index contributed by atoms with van der Waals surface area (Å²) in [6, 6.07) is 7.19. The average Bonchev–Trinajstić information content (AvgIpc) is 2.45. The number of rotatable bonds is 7. The Morgan fingerprint density at radius 1 is 1.05 bits per heavy atom. The van der Waals surface area contributed by atoms with E-state index in [4.69, 9.17) is 4.74 Å². The molecule has 0 radical (unpaired) electrons. The second-order valence-corrected chi connectivity index (χ2v) is 4.09. The lowest BCUT2D eigenvalue weighted by atomic mass is 10.2. The van der Waals surface area contributed by atoms with Crippen LogP contribution in [0.1, 0.15) is 18.4 Å². The quantitative estimate of drug-likeness (QED) is 0.590. The van der Waals surface area contributed by atoms with Crippen LogP contribution in [0.15, 0.2) is 24.3 Å². The molecule has 0 aliphatic rings. The number of hydrogen-bond donors (Lipinski definition) is 1. The number of amides is 1. The molecule has 0 bridgehead atoms. The first-order valence-electron chi connectivity index (χ1n) is 6.03. The van der Waals surface area contributed by atoms with Crippen LogP contribution in [0.25, 0.3) is 0 Å². The highest BCUT2D eigenvalue weighted by Gasteiger charge is 2.13. The van der Waals surface area contributed by atoms with Crippen molar-refractivity contribution in [1.82, 2.24) is 5.32 Å². The third-order valence-corrected chi connectivity index (χ3v) is 2.58. The lowest BCUT2D eigenvalue weighted by molar-refractivity contribution is -0.143. The second-order valence-electron chi connectivity index (χ2n) is 4.09. The van der Waals surface area contributed by atoms with Crippen LogP contribution < -0.4 is 10.1 Å². The largest absolute Gasteiger partial charge is 0.497 e. The minimum absolute atomic E-state index is 0.314. The van der Waals surface area contributed by atoms with Crippen molar-refractivity contribution in [2.45, 2.75) is 19.4 Å². The molecule has 20 heavy (non-hydrogen) atoms. The molecule has 0 aromatic heterocycles. The Balaban J connectivity index is 2.35. The topological polar surface area (TPSA) is 81.7 Å². The van der Waals surface area contributed by atoms with Crippen LogP contribution in [-0.2, 0) is 25.7 Å². The van der Waals surface area contributed by atoms with E-state index in [1.54, 1.807) is 19.2 Å². The van der Waals surface area contributed by atoms with Gasteiger partial charge in [0.05, 0.1) is 20.6 Å². The van der Waals surface area contributed by atoms with Gasteiger partial charge in [0.2, 0.25) is 5.91 Å².